The molecule has 2 aliphatic heterocycles. The van der Waals surface area contributed by atoms with Gasteiger partial charge in [0.1, 0.15) is 0 Å². The van der Waals surface area contributed by atoms with E-state index in [1.807, 2.05) is 6.20 Å². The maximum Gasteiger partial charge on any atom is 0.0793 e. The minimum Gasteiger partial charge on any atom is -0.390 e. The molecule has 23 heavy (non-hydrogen) atoms. The number of aromatic nitrogens is 2. The van der Waals surface area contributed by atoms with E-state index in [-0.39, 0.29) is 6.10 Å². The minimum absolute atomic E-state index is 0.251. The fourth-order valence-corrected chi connectivity index (χ4v) is 3.62. The molecule has 2 aliphatic rings. The maximum absolute atomic E-state index is 10.3. The van der Waals surface area contributed by atoms with Gasteiger partial charge in [-0.05, 0) is 44.3 Å². The van der Waals surface area contributed by atoms with Crippen LogP contribution in [0, 0.1) is 12.8 Å². The summed E-state index contributed by atoms with van der Waals surface area (Å²) in [6.45, 7) is 10.3. The standard InChI is InChI=1S/C17H30N4O2/c1-15-10-18-21(11-15)12-16-2-4-19(5-3-16)13-17(22)14-20-6-8-23-9-7-20/h10-11,16-17,22H,2-9,12-14H2,1H3/t17-/m1/s1. The molecule has 0 amide bonds. The molecule has 0 spiro atoms. The lowest BCUT2D eigenvalue weighted by atomic mass is 9.96. The van der Waals surface area contributed by atoms with E-state index in [9.17, 15) is 5.11 Å². The molecule has 6 nitrogen and oxygen atoms in total. The Morgan fingerprint density at radius 3 is 2.43 bits per heavy atom. The van der Waals surface area contributed by atoms with E-state index in [1.165, 1.54) is 18.4 Å². The van der Waals surface area contributed by atoms with Gasteiger partial charge in [-0.25, -0.2) is 0 Å². The van der Waals surface area contributed by atoms with Crippen LogP contribution in [0.1, 0.15) is 18.4 Å². The molecule has 0 saturated carbocycles. The SMILES string of the molecule is Cc1cnn(CC2CCN(C[C@@H](O)CN3CCOCC3)CC2)c1. The highest BCUT2D eigenvalue weighted by molar-refractivity contribution is 4.99. The average Bonchev–Trinajstić information content (AvgIpc) is 2.95. The number of ether oxygens (including phenoxy) is 1. The van der Waals surface area contributed by atoms with Crippen molar-refractivity contribution in [3.63, 3.8) is 0 Å². The molecule has 0 unspecified atom stereocenters. The highest BCUT2D eigenvalue weighted by Gasteiger charge is 2.23. The van der Waals surface area contributed by atoms with Crippen LogP contribution in [0.3, 0.4) is 0 Å². The first kappa shape index (κ1) is 16.9. The first-order chi connectivity index (χ1) is 11.2. The second-order valence-electron chi connectivity index (χ2n) is 7.05. The number of aliphatic hydroxyl groups is 1. The molecule has 0 radical (unpaired) electrons. The van der Waals surface area contributed by atoms with E-state index in [1.54, 1.807) is 0 Å². The van der Waals surface area contributed by atoms with Gasteiger partial charge in [0.25, 0.3) is 0 Å². The molecule has 3 heterocycles. The molecule has 1 aromatic heterocycles. The van der Waals surface area contributed by atoms with Crippen LogP contribution in [0.4, 0.5) is 0 Å². The lowest BCUT2D eigenvalue weighted by Gasteiger charge is -2.35. The Labute approximate surface area is 139 Å². The lowest BCUT2D eigenvalue weighted by molar-refractivity contribution is 0.00388. The second kappa shape index (κ2) is 8.24. The van der Waals surface area contributed by atoms with Gasteiger partial charge in [0.2, 0.25) is 0 Å². The lowest BCUT2D eigenvalue weighted by Crippen LogP contribution is -2.46. The van der Waals surface area contributed by atoms with Crippen molar-refractivity contribution in [3.05, 3.63) is 18.0 Å². The van der Waals surface area contributed by atoms with Crippen LogP contribution in [0.5, 0.6) is 0 Å². The van der Waals surface area contributed by atoms with Crippen LogP contribution >= 0.6 is 0 Å². The fourth-order valence-electron chi connectivity index (χ4n) is 3.62. The fraction of sp³-hybridized carbons (Fsp3) is 0.824. The summed E-state index contributed by atoms with van der Waals surface area (Å²) < 4.78 is 7.42. The van der Waals surface area contributed by atoms with E-state index >= 15 is 0 Å². The average molecular weight is 322 g/mol. The van der Waals surface area contributed by atoms with Gasteiger partial charge in [-0.15, -0.1) is 0 Å². The molecule has 1 aromatic rings. The summed E-state index contributed by atoms with van der Waals surface area (Å²) in [5, 5.41) is 14.7. The smallest absolute Gasteiger partial charge is 0.0793 e. The number of β-amino-alcohol motifs (C(OH)–C–C–N with tert-alkyl or cyclic N) is 1. The van der Waals surface area contributed by atoms with E-state index in [4.69, 9.17) is 4.74 Å². The van der Waals surface area contributed by atoms with Gasteiger partial charge in [0.15, 0.2) is 0 Å². The monoisotopic (exact) mass is 322 g/mol. The van der Waals surface area contributed by atoms with E-state index in [0.717, 1.165) is 59.0 Å². The van der Waals surface area contributed by atoms with Gasteiger partial charge in [-0.2, -0.15) is 5.10 Å². The van der Waals surface area contributed by atoms with Crippen molar-refractivity contribution in [1.29, 1.82) is 0 Å². The molecular weight excluding hydrogens is 292 g/mol. The summed E-state index contributed by atoms with van der Waals surface area (Å²) in [6.07, 6.45) is 6.19. The highest BCUT2D eigenvalue weighted by atomic mass is 16.5. The van der Waals surface area contributed by atoms with Gasteiger partial charge < -0.3 is 14.7 Å². The number of hydrogen-bond donors (Lipinski definition) is 1. The Bertz CT molecular complexity index is 465. The molecule has 3 rings (SSSR count). The zero-order chi connectivity index (χ0) is 16.1. The first-order valence-electron chi connectivity index (χ1n) is 8.88. The number of piperidine rings is 1. The van der Waals surface area contributed by atoms with E-state index in [0.29, 0.717) is 5.92 Å². The number of likely N-dealkylation sites (tertiary alicyclic amines) is 1. The van der Waals surface area contributed by atoms with Crippen LogP contribution < -0.4 is 0 Å². The summed E-state index contributed by atoms with van der Waals surface area (Å²) in [5.41, 5.74) is 1.23. The number of hydrogen-bond acceptors (Lipinski definition) is 5. The van der Waals surface area contributed by atoms with Crippen molar-refractivity contribution in [2.24, 2.45) is 5.92 Å². The number of morpholine rings is 1. The molecule has 130 valence electrons. The number of rotatable bonds is 6. The van der Waals surface area contributed by atoms with E-state index in [2.05, 4.69) is 32.7 Å². The van der Waals surface area contributed by atoms with Gasteiger partial charge in [0.05, 0.1) is 25.5 Å². The Kier molecular flexibility index (Phi) is 6.05. The highest BCUT2D eigenvalue weighted by Crippen LogP contribution is 2.19. The first-order valence-corrected chi connectivity index (χ1v) is 8.88. The van der Waals surface area contributed by atoms with Gasteiger partial charge in [-0.1, -0.05) is 0 Å². The summed E-state index contributed by atoms with van der Waals surface area (Å²) in [6, 6.07) is 0. The van der Waals surface area contributed by atoms with E-state index < -0.39 is 0 Å². The molecule has 2 fully saturated rings. The largest absolute Gasteiger partial charge is 0.390 e. The zero-order valence-corrected chi connectivity index (χ0v) is 14.2. The predicted molar refractivity (Wildman–Crippen MR) is 89.4 cm³/mol. The Morgan fingerprint density at radius 2 is 1.83 bits per heavy atom. The van der Waals surface area contributed by atoms with Crippen molar-refractivity contribution in [1.82, 2.24) is 19.6 Å². The van der Waals surface area contributed by atoms with Crippen molar-refractivity contribution in [2.75, 3.05) is 52.5 Å². The molecule has 1 atom stereocenters. The third kappa shape index (κ3) is 5.28. The topological polar surface area (TPSA) is 53.8 Å². The second-order valence-corrected chi connectivity index (χ2v) is 7.05. The predicted octanol–water partition coefficient (Wildman–Crippen LogP) is 0.597. The number of nitrogens with zero attached hydrogens (tertiary/aromatic N) is 4. The van der Waals surface area contributed by atoms with Crippen molar-refractivity contribution < 1.29 is 9.84 Å². The van der Waals surface area contributed by atoms with Crippen LogP contribution in [0.25, 0.3) is 0 Å². The zero-order valence-electron chi connectivity index (χ0n) is 14.2. The van der Waals surface area contributed by atoms with Gasteiger partial charge in [-0.3, -0.25) is 9.58 Å². The molecule has 0 aromatic carbocycles. The van der Waals surface area contributed by atoms with Crippen LogP contribution in [0.15, 0.2) is 12.4 Å². The van der Waals surface area contributed by atoms with Gasteiger partial charge in [0, 0.05) is 38.9 Å². The number of aryl methyl sites for hydroxylation is 1. The van der Waals surface area contributed by atoms with Crippen molar-refractivity contribution in [2.45, 2.75) is 32.4 Å². The summed E-state index contributed by atoms with van der Waals surface area (Å²) in [7, 11) is 0. The molecular formula is C17H30N4O2. The molecule has 1 N–H and O–H groups in total. The normalized spacial score (nSPS) is 23.2. The summed E-state index contributed by atoms with van der Waals surface area (Å²) in [5.74, 6) is 0.710. The Morgan fingerprint density at radius 1 is 1.17 bits per heavy atom. The van der Waals surface area contributed by atoms with Crippen LogP contribution in [-0.4, -0.2) is 83.3 Å². The van der Waals surface area contributed by atoms with Crippen molar-refractivity contribution >= 4 is 0 Å². The summed E-state index contributed by atoms with van der Waals surface area (Å²) in [4.78, 5) is 4.72. The van der Waals surface area contributed by atoms with Crippen molar-refractivity contribution in [3.8, 4) is 0 Å². The molecule has 0 aliphatic carbocycles. The molecule has 0 bridgehead atoms. The van der Waals surface area contributed by atoms with Crippen LogP contribution in [-0.2, 0) is 11.3 Å². The minimum atomic E-state index is -0.251. The third-order valence-corrected chi connectivity index (χ3v) is 4.96. The summed E-state index contributed by atoms with van der Waals surface area (Å²) >= 11 is 0. The Balaban J connectivity index is 1.35. The van der Waals surface area contributed by atoms with Gasteiger partial charge >= 0.3 is 0 Å². The molecule has 6 heteroatoms. The third-order valence-electron chi connectivity index (χ3n) is 4.96. The Hall–Kier alpha value is -0.950. The number of aliphatic hydroxyl groups excluding tert-OH is 1. The molecule has 2 saturated heterocycles. The quantitative estimate of drug-likeness (QED) is 0.831. The maximum atomic E-state index is 10.3. The van der Waals surface area contributed by atoms with Crippen LogP contribution in [0.2, 0.25) is 0 Å².